The van der Waals surface area contributed by atoms with Gasteiger partial charge in [0, 0.05) is 17.2 Å². The number of pyridine rings is 1. The Bertz CT molecular complexity index is 544. The van der Waals surface area contributed by atoms with E-state index in [4.69, 9.17) is 0 Å². The fraction of sp³-hybridized carbons (Fsp3) is 0.0667. The van der Waals surface area contributed by atoms with Crippen molar-refractivity contribution >= 4 is 12.0 Å². The molecule has 2 rings (SSSR count). The number of hydrogen-bond donors (Lipinski definition) is 0. The summed E-state index contributed by atoms with van der Waals surface area (Å²) in [6, 6.07) is 13.2. The monoisotopic (exact) mass is 224 g/mol. The third-order valence-electron chi connectivity index (χ3n) is 2.43. The standard InChI is InChI=1S/C15H14NO/c1-13-6-5-10-16(12-13)11-9-15(17)14-7-3-2-4-8-14/h2-12H,1H3/q+1/b11-9-. The Morgan fingerprint density at radius 2 is 1.88 bits per heavy atom. The summed E-state index contributed by atoms with van der Waals surface area (Å²) >= 11 is 0. The second-order valence-electron chi connectivity index (χ2n) is 3.87. The topological polar surface area (TPSA) is 20.9 Å². The third kappa shape index (κ3) is 3.11. The maximum Gasteiger partial charge on any atom is 0.191 e. The fourth-order valence-corrected chi connectivity index (χ4v) is 1.56. The summed E-state index contributed by atoms with van der Waals surface area (Å²) in [5, 5.41) is 0. The normalized spacial score (nSPS) is 10.6. The summed E-state index contributed by atoms with van der Waals surface area (Å²) in [5.41, 5.74) is 1.86. The van der Waals surface area contributed by atoms with Gasteiger partial charge in [-0.05, 0) is 13.0 Å². The van der Waals surface area contributed by atoms with E-state index in [1.165, 1.54) is 0 Å². The van der Waals surface area contributed by atoms with Crippen LogP contribution in [0.4, 0.5) is 0 Å². The molecule has 1 aromatic heterocycles. The molecule has 0 saturated carbocycles. The van der Waals surface area contributed by atoms with Crippen molar-refractivity contribution in [3.8, 4) is 0 Å². The highest BCUT2D eigenvalue weighted by atomic mass is 16.1. The molecule has 0 saturated heterocycles. The van der Waals surface area contributed by atoms with Gasteiger partial charge in [0.2, 0.25) is 0 Å². The van der Waals surface area contributed by atoms with Crippen molar-refractivity contribution in [2.24, 2.45) is 0 Å². The van der Waals surface area contributed by atoms with Crippen LogP contribution < -0.4 is 4.57 Å². The smallest absolute Gasteiger partial charge is 0.191 e. The Labute approximate surface area is 101 Å². The van der Waals surface area contributed by atoms with Gasteiger partial charge >= 0.3 is 0 Å². The Kier molecular flexibility index (Phi) is 3.46. The summed E-state index contributed by atoms with van der Waals surface area (Å²) in [6.45, 7) is 2.02. The highest BCUT2D eigenvalue weighted by Crippen LogP contribution is 2.00. The van der Waals surface area contributed by atoms with E-state index in [1.54, 1.807) is 12.3 Å². The zero-order chi connectivity index (χ0) is 12.1. The molecule has 2 aromatic rings. The molecule has 0 atom stereocenters. The van der Waals surface area contributed by atoms with E-state index in [1.807, 2.05) is 66.3 Å². The second-order valence-corrected chi connectivity index (χ2v) is 3.87. The van der Waals surface area contributed by atoms with E-state index < -0.39 is 0 Å². The van der Waals surface area contributed by atoms with Gasteiger partial charge in [-0.15, -0.1) is 0 Å². The number of carbonyl (C=O) groups excluding carboxylic acids is 1. The Morgan fingerprint density at radius 3 is 2.59 bits per heavy atom. The minimum Gasteiger partial charge on any atom is -0.289 e. The van der Waals surface area contributed by atoms with Crippen molar-refractivity contribution in [2.45, 2.75) is 6.92 Å². The van der Waals surface area contributed by atoms with Gasteiger partial charge in [-0.2, -0.15) is 4.57 Å². The van der Waals surface area contributed by atoms with Crippen LogP contribution in [0.15, 0.2) is 60.9 Å². The lowest BCUT2D eigenvalue weighted by Crippen LogP contribution is -2.25. The van der Waals surface area contributed by atoms with Crippen LogP contribution in [0.2, 0.25) is 0 Å². The molecule has 2 nitrogen and oxygen atoms in total. The first-order valence-corrected chi connectivity index (χ1v) is 5.51. The van der Waals surface area contributed by atoms with Crippen LogP contribution in [0, 0.1) is 6.92 Å². The molecule has 17 heavy (non-hydrogen) atoms. The maximum absolute atomic E-state index is 11.8. The third-order valence-corrected chi connectivity index (χ3v) is 2.43. The number of nitrogens with zero attached hydrogens (tertiary/aromatic N) is 1. The SMILES string of the molecule is Cc1ccc[n+](/C=C\C(=O)c2ccccc2)c1. The van der Waals surface area contributed by atoms with Gasteiger partial charge in [-0.25, -0.2) is 0 Å². The molecule has 0 unspecified atom stereocenters. The van der Waals surface area contributed by atoms with Crippen molar-refractivity contribution in [1.82, 2.24) is 0 Å². The lowest BCUT2D eigenvalue weighted by Gasteiger charge is -1.93. The van der Waals surface area contributed by atoms with Gasteiger partial charge in [-0.3, -0.25) is 4.79 Å². The van der Waals surface area contributed by atoms with Crippen molar-refractivity contribution in [3.63, 3.8) is 0 Å². The molecule has 2 heteroatoms. The summed E-state index contributed by atoms with van der Waals surface area (Å²) in [4.78, 5) is 11.8. The Morgan fingerprint density at radius 1 is 1.12 bits per heavy atom. The van der Waals surface area contributed by atoms with Crippen molar-refractivity contribution < 1.29 is 9.36 Å². The predicted octanol–water partition coefficient (Wildman–Crippen LogP) is 2.64. The van der Waals surface area contributed by atoms with Crippen LogP contribution in [0.5, 0.6) is 0 Å². The van der Waals surface area contributed by atoms with E-state index in [2.05, 4.69) is 0 Å². The van der Waals surface area contributed by atoms with Gasteiger partial charge < -0.3 is 0 Å². The summed E-state index contributed by atoms with van der Waals surface area (Å²) in [6.07, 6.45) is 7.22. The van der Waals surface area contributed by atoms with Crippen LogP contribution in [0.1, 0.15) is 15.9 Å². The first-order valence-electron chi connectivity index (χ1n) is 5.51. The largest absolute Gasteiger partial charge is 0.289 e. The average Bonchev–Trinajstić information content (AvgIpc) is 2.37. The predicted molar refractivity (Wildman–Crippen MR) is 67.5 cm³/mol. The first kappa shape index (κ1) is 11.3. The lowest BCUT2D eigenvalue weighted by atomic mass is 10.1. The summed E-state index contributed by atoms with van der Waals surface area (Å²) in [7, 11) is 0. The minimum absolute atomic E-state index is 0.0135. The van der Waals surface area contributed by atoms with Crippen LogP contribution in [0.3, 0.4) is 0 Å². The number of benzene rings is 1. The lowest BCUT2D eigenvalue weighted by molar-refractivity contribution is -0.568. The fourth-order valence-electron chi connectivity index (χ4n) is 1.56. The maximum atomic E-state index is 11.8. The van der Waals surface area contributed by atoms with Gasteiger partial charge in [0.25, 0.3) is 0 Å². The second kappa shape index (κ2) is 5.21. The van der Waals surface area contributed by atoms with Gasteiger partial charge in [0.15, 0.2) is 24.4 Å². The number of allylic oxidation sites excluding steroid dienone is 1. The summed E-state index contributed by atoms with van der Waals surface area (Å²) < 4.78 is 1.87. The van der Waals surface area contributed by atoms with Gasteiger partial charge in [0.05, 0.1) is 6.08 Å². The van der Waals surface area contributed by atoms with Crippen molar-refractivity contribution in [3.05, 3.63) is 72.1 Å². The van der Waals surface area contributed by atoms with Crippen molar-refractivity contribution in [1.29, 1.82) is 0 Å². The van der Waals surface area contributed by atoms with E-state index in [0.29, 0.717) is 5.56 Å². The molecule has 0 fully saturated rings. The molecule has 0 amide bonds. The van der Waals surface area contributed by atoms with Crippen LogP contribution >= 0.6 is 0 Å². The molecule has 0 aliphatic carbocycles. The molecule has 0 spiro atoms. The van der Waals surface area contributed by atoms with Crippen LogP contribution in [-0.4, -0.2) is 5.78 Å². The van der Waals surface area contributed by atoms with Crippen LogP contribution in [0.25, 0.3) is 6.20 Å². The zero-order valence-electron chi connectivity index (χ0n) is 9.71. The number of ketones is 1. The number of aryl methyl sites for hydroxylation is 1. The van der Waals surface area contributed by atoms with E-state index in [0.717, 1.165) is 5.56 Å². The molecular formula is C15H14NO+. The molecule has 0 bridgehead atoms. The summed E-state index contributed by atoms with van der Waals surface area (Å²) in [5.74, 6) is 0.0135. The van der Waals surface area contributed by atoms with Gasteiger partial charge in [0.1, 0.15) is 0 Å². The molecule has 0 aliphatic heterocycles. The first-order chi connectivity index (χ1) is 8.25. The quantitative estimate of drug-likeness (QED) is 0.446. The zero-order valence-corrected chi connectivity index (χ0v) is 9.71. The molecule has 84 valence electrons. The van der Waals surface area contributed by atoms with Gasteiger partial charge in [-0.1, -0.05) is 30.3 Å². The number of carbonyl (C=O) groups is 1. The average molecular weight is 224 g/mol. The van der Waals surface area contributed by atoms with E-state index >= 15 is 0 Å². The number of aromatic nitrogens is 1. The number of rotatable bonds is 3. The molecule has 0 radical (unpaired) electrons. The van der Waals surface area contributed by atoms with E-state index in [9.17, 15) is 4.79 Å². The van der Waals surface area contributed by atoms with Crippen molar-refractivity contribution in [2.75, 3.05) is 0 Å². The highest BCUT2D eigenvalue weighted by Gasteiger charge is 2.01. The van der Waals surface area contributed by atoms with Crippen LogP contribution in [-0.2, 0) is 0 Å². The molecular weight excluding hydrogens is 210 g/mol. The Hall–Kier alpha value is -2.22. The minimum atomic E-state index is 0.0135. The molecule has 0 N–H and O–H groups in total. The molecule has 1 heterocycles. The van der Waals surface area contributed by atoms with E-state index in [-0.39, 0.29) is 5.78 Å². The highest BCUT2D eigenvalue weighted by molar-refractivity contribution is 6.05. The number of hydrogen-bond acceptors (Lipinski definition) is 1. The molecule has 0 aliphatic rings. The molecule has 1 aromatic carbocycles. The Balaban J connectivity index is 2.14.